The Bertz CT molecular complexity index is 1030. The molecule has 0 aliphatic heterocycles. The van der Waals surface area contributed by atoms with Crippen LogP contribution in [0.4, 0.5) is 4.79 Å². The molecule has 3 atom stereocenters. The van der Waals surface area contributed by atoms with Gasteiger partial charge in [-0.15, -0.1) is 0 Å². The van der Waals surface area contributed by atoms with Crippen molar-refractivity contribution in [2.24, 2.45) is 5.92 Å². The maximum atomic E-state index is 12.9. The first-order chi connectivity index (χ1) is 17.0. The van der Waals surface area contributed by atoms with E-state index in [1.807, 2.05) is 36.4 Å². The third kappa shape index (κ3) is 5.82. The fraction of sp³-hybridized carbons (Fsp3) is 0.444. The SMILES string of the molecule is COCC(NC(=O)OCC1c2ccccc2-c2ccccc21)C(=O)N[C@H]1CCCC[C@H]1CC(=O)O. The minimum atomic E-state index is -0.942. The average molecular weight is 481 g/mol. The lowest BCUT2D eigenvalue weighted by atomic mass is 9.82. The van der Waals surface area contributed by atoms with Crippen molar-refractivity contribution >= 4 is 18.0 Å². The zero-order chi connectivity index (χ0) is 24.8. The number of ether oxygens (including phenoxy) is 2. The van der Waals surface area contributed by atoms with E-state index >= 15 is 0 Å². The lowest BCUT2D eigenvalue weighted by Gasteiger charge is -2.32. The standard InChI is InChI=1S/C27H32N2O6/c1-34-16-24(26(32)28-23-13-7-2-8-17(23)14-25(30)31)29-27(33)35-15-22-20-11-5-3-9-18(20)19-10-4-6-12-21(19)22/h3-6,9-12,17,22-24H,2,7-8,13-16H2,1H3,(H,28,32)(H,29,33)(H,30,31)/t17-,23-,24?/m0/s1. The molecule has 0 radical (unpaired) electrons. The van der Waals surface area contributed by atoms with Crippen molar-refractivity contribution < 1.29 is 29.0 Å². The number of carboxylic acids is 1. The van der Waals surface area contributed by atoms with Gasteiger partial charge in [-0.05, 0) is 41.0 Å². The van der Waals surface area contributed by atoms with Crippen LogP contribution in [0.15, 0.2) is 48.5 Å². The Hall–Kier alpha value is -3.39. The van der Waals surface area contributed by atoms with Crippen molar-refractivity contribution in [2.45, 2.75) is 50.1 Å². The van der Waals surface area contributed by atoms with E-state index in [4.69, 9.17) is 9.47 Å². The van der Waals surface area contributed by atoms with Gasteiger partial charge in [-0.2, -0.15) is 0 Å². The second-order valence-corrected chi connectivity index (χ2v) is 9.24. The number of amides is 2. The first-order valence-corrected chi connectivity index (χ1v) is 12.1. The average Bonchev–Trinajstić information content (AvgIpc) is 3.17. The molecule has 4 rings (SSSR count). The van der Waals surface area contributed by atoms with Crippen molar-refractivity contribution in [2.75, 3.05) is 20.3 Å². The normalized spacial score (nSPS) is 19.8. The summed E-state index contributed by atoms with van der Waals surface area (Å²) in [6.07, 6.45) is 2.66. The second-order valence-electron chi connectivity index (χ2n) is 9.24. The quantitative estimate of drug-likeness (QED) is 0.504. The van der Waals surface area contributed by atoms with E-state index in [1.54, 1.807) is 0 Å². The first-order valence-electron chi connectivity index (χ1n) is 12.1. The summed E-state index contributed by atoms with van der Waals surface area (Å²) in [4.78, 5) is 36.8. The first kappa shape index (κ1) is 24.7. The number of aliphatic carboxylic acids is 1. The van der Waals surface area contributed by atoms with Gasteiger partial charge in [-0.25, -0.2) is 4.79 Å². The monoisotopic (exact) mass is 480 g/mol. The third-order valence-corrected chi connectivity index (χ3v) is 6.96. The molecule has 2 aromatic rings. The van der Waals surface area contributed by atoms with Crippen LogP contribution < -0.4 is 10.6 Å². The van der Waals surface area contributed by atoms with Gasteiger partial charge in [0.2, 0.25) is 5.91 Å². The lowest BCUT2D eigenvalue weighted by molar-refractivity contribution is -0.139. The van der Waals surface area contributed by atoms with Gasteiger partial charge in [-0.1, -0.05) is 61.4 Å². The number of alkyl carbamates (subject to hydrolysis) is 1. The van der Waals surface area contributed by atoms with E-state index in [0.717, 1.165) is 41.5 Å². The molecular weight excluding hydrogens is 448 g/mol. The number of carbonyl (C=O) groups excluding carboxylic acids is 2. The Morgan fingerprint density at radius 1 is 1.00 bits per heavy atom. The van der Waals surface area contributed by atoms with Gasteiger partial charge >= 0.3 is 12.1 Å². The van der Waals surface area contributed by atoms with Gasteiger partial charge < -0.3 is 25.2 Å². The molecule has 2 aliphatic carbocycles. The largest absolute Gasteiger partial charge is 0.481 e. The van der Waals surface area contributed by atoms with Gasteiger partial charge in [0.1, 0.15) is 12.6 Å². The van der Waals surface area contributed by atoms with Crippen molar-refractivity contribution in [3.63, 3.8) is 0 Å². The molecule has 2 aromatic carbocycles. The molecule has 8 nitrogen and oxygen atoms in total. The molecule has 1 saturated carbocycles. The summed E-state index contributed by atoms with van der Waals surface area (Å²) in [6.45, 7) is 0.122. The zero-order valence-corrected chi connectivity index (χ0v) is 19.9. The Morgan fingerprint density at radius 2 is 1.63 bits per heavy atom. The molecule has 0 bridgehead atoms. The Kier molecular flexibility index (Phi) is 8.02. The number of hydrogen-bond donors (Lipinski definition) is 3. The van der Waals surface area contributed by atoms with Crippen LogP contribution in [-0.4, -0.2) is 55.5 Å². The van der Waals surface area contributed by atoms with Crippen LogP contribution in [0.3, 0.4) is 0 Å². The summed E-state index contributed by atoms with van der Waals surface area (Å²) in [5.74, 6) is -1.48. The summed E-state index contributed by atoms with van der Waals surface area (Å²) < 4.78 is 10.7. The molecular formula is C27H32N2O6. The number of rotatable bonds is 9. The summed E-state index contributed by atoms with van der Waals surface area (Å²) in [6, 6.07) is 15.0. The molecule has 2 amide bonds. The van der Waals surface area contributed by atoms with Crippen molar-refractivity contribution in [3.05, 3.63) is 59.7 Å². The molecule has 35 heavy (non-hydrogen) atoms. The summed E-state index contributed by atoms with van der Waals surface area (Å²) >= 11 is 0. The van der Waals surface area contributed by atoms with Crippen LogP contribution in [-0.2, 0) is 19.1 Å². The zero-order valence-electron chi connectivity index (χ0n) is 19.9. The van der Waals surface area contributed by atoms with Gasteiger partial charge in [0.05, 0.1) is 13.0 Å². The summed E-state index contributed by atoms with van der Waals surface area (Å²) in [7, 11) is 1.45. The van der Waals surface area contributed by atoms with Gasteiger partial charge in [0.25, 0.3) is 0 Å². The van der Waals surface area contributed by atoms with E-state index in [9.17, 15) is 19.5 Å². The molecule has 1 fully saturated rings. The Labute approximate surface area is 205 Å². The van der Waals surface area contributed by atoms with Gasteiger partial charge in [0, 0.05) is 19.1 Å². The van der Waals surface area contributed by atoms with Gasteiger partial charge in [-0.3, -0.25) is 9.59 Å². The van der Waals surface area contributed by atoms with E-state index in [0.29, 0.717) is 6.42 Å². The van der Waals surface area contributed by atoms with Crippen molar-refractivity contribution in [1.82, 2.24) is 10.6 Å². The summed E-state index contributed by atoms with van der Waals surface area (Å²) in [5, 5.41) is 14.8. The molecule has 0 heterocycles. The molecule has 0 spiro atoms. The van der Waals surface area contributed by atoms with Crippen molar-refractivity contribution in [1.29, 1.82) is 0 Å². The molecule has 0 saturated heterocycles. The highest BCUT2D eigenvalue weighted by Crippen LogP contribution is 2.44. The van der Waals surface area contributed by atoms with Crippen LogP contribution in [0.5, 0.6) is 0 Å². The highest BCUT2D eigenvalue weighted by molar-refractivity contribution is 5.86. The number of carboxylic acid groups (broad SMARTS) is 1. The number of hydrogen-bond acceptors (Lipinski definition) is 5. The fourth-order valence-corrected chi connectivity index (χ4v) is 5.28. The Morgan fingerprint density at radius 3 is 2.26 bits per heavy atom. The number of methoxy groups -OCH3 is 1. The van der Waals surface area contributed by atoms with Crippen LogP contribution in [0.1, 0.15) is 49.1 Å². The van der Waals surface area contributed by atoms with Crippen LogP contribution in [0, 0.1) is 5.92 Å². The molecule has 186 valence electrons. The minimum absolute atomic E-state index is 0.0136. The predicted octanol–water partition coefficient (Wildman–Crippen LogP) is 3.69. The van der Waals surface area contributed by atoms with E-state index in [2.05, 4.69) is 22.8 Å². The number of carbonyl (C=O) groups is 3. The fourth-order valence-electron chi connectivity index (χ4n) is 5.28. The molecule has 8 heteroatoms. The molecule has 3 N–H and O–H groups in total. The minimum Gasteiger partial charge on any atom is -0.481 e. The molecule has 0 aromatic heterocycles. The van der Waals surface area contributed by atoms with Gasteiger partial charge in [0.15, 0.2) is 0 Å². The van der Waals surface area contributed by atoms with Crippen LogP contribution in [0.25, 0.3) is 11.1 Å². The third-order valence-electron chi connectivity index (χ3n) is 6.96. The summed E-state index contributed by atoms with van der Waals surface area (Å²) in [5.41, 5.74) is 4.48. The lowest BCUT2D eigenvalue weighted by Crippen LogP contribution is -2.54. The molecule has 1 unspecified atom stereocenters. The van der Waals surface area contributed by atoms with Crippen molar-refractivity contribution in [3.8, 4) is 11.1 Å². The maximum absolute atomic E-state index is 12.9. The smallest absolute Gasteiger partial charge is 0.407 e. The second kappa shape index (κ2) is 11.4. The number of benzene rings is 2. The van der Waals surface area contributed by atoms with E-state index in [-0.39, 0.29) is 37.5 Å². The highest BCUT2D eigenvalue weighted by Gasteiger charge is 2.32. The molecule has 2 aliphatic rings. The highest BCUT2D eigenvalue weighted by atomic mass is 16.5. The van der Waals surface area contributed by atoms with Crippen LogP contribution >= 0.6 is 0 Å². The van der Waals surface area contributed by atoms with E-state index < -0.39 is 24.0 Å². The predicted molar refractivity (Wildman–Crippen MR) is 130 cm³/mol. The maximum Gasteiger partial charge on any atom is 0.407 e. The Balaban J connectivity index is 1.37. The number of nitrogens with one attached hydrogen (secondary N) is 2. The van der Waals surface area contributed by atoms with E-state index in [1.165, 1.54) is 7.11 Å². The number of fused-ring (bicyclic) bond motifs is 3. The topological polar surface area (TPSA) is 114 Å². The van der Waals surface area contributed by atoms with Crippen LogP contribution in [0.2, 0.25) is 0 Å².